The number of nitrogens with one attached hydrogen (secondary N) is 2. The summed E-state index contributed by atoms with van der Waals surface area (Å²) in [5.41, 5.74) is 0.886. The van der Waals surface area contributed by atoms with Gasteiger partial charge in [-0.3, -0.25) is 0 Å². The van der Waals surface area contributed by atoms with E-state index in [1.165, 1.54) is 4.31 Å². The number of aromatic amines is 1. The number of rotatable bonds is 8. The maximum atomic E-state index is 12.4. The minimum absolute atomic E-state index is 0.0158. The molecule has 1 aromatic rings. The Bertz CT molecular complexity index is 482. The lowest BCUT2D eigenvalue weighted by Crippen LogP contribution is -2.34. The summed E-state index contributed by atoms with van der Waals surface area (Å²) < 4.78 is 26.3. The molecule has 6 heteroatoms. The Labute approximate surface area is 116 Å². The number of H-pyrrole nitrogens is 1. The van der Waals surface area contributed by atoms with Crippen LogP contribution in [0, 0.1) is 0 Å². The van der Waals surface area contributed by atoms with Gasteiger partial charge in [0.25, 0.3) is 0 Å². The third-order valence-electron chi connectivity index (χ3n) is 3.29. The van der Waals surface area contributed by atoms with Gasteiger partial charge in [-0.25, -0.2) is 8.42 Å². The van der Waals surface area contributed by atoms with E-state index in [0.29, 0.717) is 11.4 Å². The first-order valence-corrected chi connectivity index (χ1v) is 8.23. The molecule has 0 fully saturated rings. The third kappa shape index (κ3) is 4.06. The lowest BCUT2D eigenvalue weighted by Gasteiger charge is -2.23. The van der Waals surface area contributed by atoms with E-state index >= 15 is 0 Å². The average Bonchev–Trinajstić information content (AvgIpc) is 2.85. The Balaban J connectivity index is 2.84. The monoisotopic (exact) mass is 287 g/mol. The van der Waals surface area contributed by atoms with E-state index in [0.717, 1.165) is 25.1 Å². The number of nitrogens with zero attached hydrogens (tertiary/aromatic N) is 1. The smallest absolute Gasteiger partial charge is 0.244 e. The first kappa shape index (κ1) is 16.2. The van der Waals surface area contributed by atoms with E-state index in [9.17, 15) is 8.42 Å². The van der Waals surface area contributed by atoms with Gasteiger partial charge in [0.1, 0.15) is 0 Å². The van der Waals surface area contributed by atoms with Crippen molar-refractivity contribution in [2.75, 3.05) is 13.6 Å². The highest BCUT2D eigenvalue weighted by atomic mass is 32.2. The minimum atomic E-state index is -3.39. The second-order valence-corrected chi connectivity index (χ2v) is 6.80. The zero-order valence-corrected chi connectivity index (χ0v) is 13.0. The molecule has 0 aliphatic heterocycles. The van der Waals surface area contributed by atoms with Crippen LogP contribution in [0.3, 0.4) is 0 Å². The van der Waals surface area contributed by atoms with Crippen LogP contribution in [-0.2, 0) is 16.6 Å². The molecule has 1 unspecified atom stereocenters. The predicted molar refractivity (Wildman–Crippen MR) is 77.5 cm³/mol. The normalized spacial score (nSPS) is 13.9. The van der Waals surface area contributed by atoms with E-state index in [1.807, 2.05) is 13.8 Å². The van der Waals surface area contributed by atoms with Crippen LogP contribution in [0.2, 0.25) is 0 Å². The van der Waals surface area contributed by atoms with Crippen molar-refractivity contribution in [2.45, 2.75) is 51.1 Å². The number of aromatic nitrogens is 1. The zero-order valence-electron chi connectivity index (χ0n) is 12.2. The molecule has 0 spiro atoms. The zero-order chi connectivity index (χ0) is 14.5. The Morgan fingerprint density at radius 1 is 1.42 bits per heavy atom. The molecule has 1 heterocycles. The molecule has 0 amide bonds. The second kappa shape index (κ2) is 7.07. The van der Waals surface area contributed by atoms with E-state index in [4.69, 9.17) is 0 Å². The summed E-state index contributed by atoms with van der Waals surface area (Å²) in [5, 5.41) is 3.16. The highest BCUT2D eigenvalue weighted by Crippen LogP contribution is 2.19. The van der Waals surface area contributed by atoms with Crippen LogP contribution in [0.1, 0.15) is 39.3 Å². The van der Waals surface area contributed by atoms with E-state index in [1.54, 1.807) is 19.3 Å². The third-order valence-corrected chi connectivity index (χ3v) is 5.24. The van der Waals surface area contributed by atoms with Crippen molar-refractivity contribution < 1.29 is 8.42 Å². The molecule has 0 aromatic carbocycles. The summed E-state index contributed by atoms with van der Waals surface area (Å²) >= 11 is 0. The summed E-state index contributed by atoms with van der Waals surface area (Å²) in [5.74, 6) is 0. The summed E-state index contributed by atoms with van der Waals surface area (Å²) in [7, 11) is -1.74. The molecule has 5 nitrogen and oxygen atoms in total. The molecule has 0 saturated carbocycles. The first-order chi connectivity index (χ1) is 8.93. The Morgan fingerprint density at radius 2 is 2.11 bits per heavy atom. The summed E-state index contributed by atoms with van der Waals surface area (Å²) in [6, 6.07) is 1.72. The lowest BCUT2D eigenvalue weighted by atomic mass is 10.2. The molecule has 110 valence electrons. The van der Waals surface area contributed by atoms with Crippen molar-refractivity contribution in [1.29, 1.82) is 0 Å². The number of hydrogen-bond donors (Lipinski definition) is 2. The Hall–Kier alpha value is -0.850. The molecule has 0 aliphatic rings. The summed E-state index contributed by atoms with van der Waals surface area (Å²) in [6.45, 7) is 7.52. The molecule has 1 rings (SSSR count). The fourth-order valence-electron chi connectivity index (χ4n) is 1.93. The molecular weight excluding hydrogens is 262 g/mol. The van der Waals surface area contributed by atoms with Crippen molar-refractivity contribution in [2.24, 2.45) is 0 Å². The van der Waals surface area contributed by atoms with Crippen molar-refractivity contribution in [1.82, 2.24) is 14.6 Å². The van der Waals surface area contributed by atoms with Crippen LogP contribution < -0.4 is 5.32 Å². The molecule has 2 N–H and O–H groups in total. The lowest BCUT2D eigenvalue weighted by molar-refractivity contribution is 0.369. The van der Waals surface area contributed by atoms with Crippen LogP contribution in [0.4, 0.5) is 0 Å². The van der Waals surface area contributed by atoms with Crippen LogP contribution in [0.15, 0.2) is 17.2 Å². The summed E-state index contributed by atoms with van der Waals surface area (Å²) in [4.78, 5) is 3.34. The second-order valence-electron chi connectivity index (χ2n) is 4.80. The fourth-order valence-corrected chi connectivity index (χ4v) is 3.34. The molecule has 1 atom stereocenters. The van der Waals surface area contributed by atoms with Gasteiger partial charge in [-0.1, -0.05) is 20.3 Å². The predicted octanol–water partition coefficient (Wildman–Crippen LogP) is 1.93. The molecule has 19 heavy (non-hydrogen) atoms. The molecule has 0 aliphatic carbocycles. The van der Waals surface area contributed by atoms with Crippen molar-refractivity contribution in [3.8, 4) is 0 Å². The highest BCUT2D eigenvalue weighted by molar-refractivity contribution is 7.89. The van der Waals surface area contributed by atoms with Gasteiger partial charge in [-0.15, -0.1) is 0 Å². The first-order valence-electron chi connectivity index (χ1n) is 6.79. The van der Waals surface area contributed by atoms with Gasteiger partial charge in [0.15, 0.2) is 0 Å². The van der Waals surface area contributed by atoms with Crippen LogP contribution in [0.25, 0.3) is 0 Å². The van der Waals surface area contributed by atoms with Crippen LogP contribution in [-0.4, -0.2) is 37.3 Å². The fraction of sp³-hybridized carbons (Fsp3) is 0.692. The molecule has 0 radical (unpaired) electrons. The van der Waals surface area contributed by atoms with Gasteiger partial charge < -0.3 is 10.3 Å². The van der Waals surface area contributed by atoms with Crippen LogP contribution >= 0.6 is 0 Å². The standard InChI is InChI=1S/C13H25N3O2S/c1-5-7-11(3)16(4)19(17,18)13-8-12(15-10-13)9-14-6-2/h8,10-11,14-15H,5-7,9H2,1-4H3. The van der Waals surface area contributed by atoms with Gasteiger partial charge in [0, 0.05) is 31.5 Å². The van der Waals surface area contributed by atoms with Gasteiger partial charge in [0.2, 0.25) is 10.0 Å². The molecule has 1 aromatic heterocycles. The SMILES string of the molecule is CCCC(C)N(C)S(=O)(=O)c1c[nH]c(CNCC)c1. The van der Waals surface area contributed by atoms with Crippen molar-refractivity contribution >= 4 is 10.0 Å². The van der Waals surface area contributed by atoms with Crippen LogP contribution in [0.5, 0.6) is 0 Å². The van der Waals surface area contributed by atoms with E-state index < -0.39 is 10.0 Å². The topological polar surface area (TPSA) is 65.2 Å². The summed E-state index contributed by atoms with van der Waals surface area (Å²) in [6.07, 6.45) is 3.40. The largest absolute Gasteiger partial charge is 0.363 e. The molecule has 0 saturated heterocycles. The minimum Gasteiger partial charge on any atom is -0.363 e. The maximum absolute atomic E-state index is 12.4. The van der Waals surface area contributed by atoms with Gasteiger partial charge >= 0.3 is 0 Å². The van der Waals surface area contributed by atoms with Crippen molar-refractivity contribution in [3.63, 3.8) is 0 Å². The maximum Gasteiger partial charge on any atom is 0.244 e. The van der Waals surface area contributed by atoms with Gasteiger partial charge in [-0.2, -0.15) is 4.31 Å². The quantitative estimate of drug-likeness (QED) is 0.768. The number of sulfonamides is 1. The average molecular weight is 287 g/mol. The van der Waals surface area contributed by atoms with E-state index in [2.05, 4.69) is 17.2 Å². The van der Waals surface area contributed by atoms with Gasteiger partial charge in [0.05, 0.1) is 4.90 Å². The van der Waals surface area contributed by atoms with Gasteiger partial charge in [-0.05, 0) is 26.0 Å². The Morgan fingerprint density at radius 3 is 2.68 bits per heavy atom. The number of hydrogen-bond acceptors (Lipinski definition) is 3. The Kier molecular flexibility index (Phi) is 6.03. The molecular formula is C13H25N3O2S. The molecule has 0 bridgehead atoms. The van der Waals surface area contributed by atoms with E-state index in [-0.39, 0.29) is 6.04 Å². The van der Waals surface area contributed by atoms with Crippen molar-refractivity contribution in [3.05, 3.63) is 18.0 Å². The highest BCUT2D eigenvalue weighted by Gasteiger charge is 2.25.